The van der Waals surface area contributed by atoms with Crippen molar-refractivity contribution >= 4 is 23.2 Å². The van der Waals surface area contributed by atoms with Gasteiger partial charge < -0.3 is 25.2 Å². The van der Waals surface area contributed by atoms with Gasteiger partial charge in [-0.05, 0) is 58.4 Å². The highest BCUT2D eigenvalue weighted by molar-refractivity contribution is 5.95. The lowest BCUT2D eigenvalue weighted by atomic mass is 10.1. The third kappa shape index (κ3) is 5.71. The number of rotatable bonds is 7. The molecule has 1 aliphatic heterocycles. The van der Waals surface area contributed by atoms with Crippen LogP contribution >= 0.6 is 0 Å². The molecule has 0 atom stereocenters. The van der Waals surface area contributed by atoms with Gasteiger partial charge in [0.1, 0.15) is 17.7 Å². The second kappa shape index (κ2) is 10.5. The Labute approximate surface area is 195 Å². The number of aromatic nitrogens is 2. The van der Waals surface area contributed by atoms with Crippen LogP contribution in [0.4, 0.5) is 17.3 Å². The number of piperidine rings is 1. The monoisotopic (exact) mass is 451 g/mol. The number of nitrogens with one attached hydrogen (secondary N) is 2. The molecule has 2 N–H and O–H groups in total. The first-order valence-electron chi connectivity index (χ1n) is 11.2. The smallest absolute Gasteiger partial charge is 0.320 e. The lowest BCUT2D eigenvalue weighted by Crippen LogP contribution is -2.36. The fourth-order valence-corrected chi connectivity index (χ4v) is 3.60. The number of nitrogens with zero attached hydrogens (tertiary/aromatic N) is 5. The number of carbonyl (C=O) groups excluding carboxylic acids is 1. The van der Waals surface area contributed by atoms with Crippen LogP contribution in [-0.2, 0) is 0 Å². The normalized spacial score (nSPS) is 14.6. The van der Waals surface area contributed by atoms with Gasteiger partial charge in [-0.15, -0.1) is 0 Å². The van der Waals surface area contributed by atoms with Gasteiger partial charge >= 0.3 is 6.01 Å². The molecule has 0 radical (unpaired) electrons. The van der Waals surface area contributed by atoms with Crippen molar-refractivity contribution in [3.63, 3.8) is 0 Å². The summed E-state index contributed by atoms with van der Waals surface area (Å²) < 4.78 is 6.17. The molecule has 1 aromatic carbocycles. The number of anilines is 3. The summed E-state index contributed by atoms with van der Waals surface area (Å²) in [6.45, 7) is 7.91. The van der Waals surface area contributed by atoms with Gasteiger partial charge in [-0.25, -0.2) is 0 Å². The summed E-state index contributed by atoms with van der Waals surface area (Å²) in [5.74, 6) is 0.677. The third-order valence-electron chi connectivity index (χ3n) is 6.01. The predicted molar refractivity (Wildman–Crippen MR) is 129 cm³/mol. The van der Waals surface area contributed by atoms with Crippen LogP contribution in [0.3, 0.4) is 0 Å². The zero-order valence-corrected chi connectivity index (χ0v) is 20.3. The minimum atomic E-state index is -0.187. The van der Waals surface area contributed by atoms with Gasteiger partial charge in [-0.1, -0.05) is 6.07 Å². The van der Waals surface area contributed by atoms with Crippen LogP contribution < -0.4 is 20.3 Å². The number of benzene rings is 1. The number of hydrogen-bond acceptors (Lipinski definition) is 8. The van der Waals surface area contributed by atoms with Crippen molar-refractivity contribution in [3.8, 4) is 12.1 Å². The maximum Gasteiger partial charge on any atom is 0.320 e. The molecule has 0 aliphatic carbocycles. The minimum absolute atomic E-state index is 0.0255. The average molecular weight is 452 g/mol. The molecule has 176 valence electrons. The molecule has 0 bridgehead atoms. The topological polar surface area (TPSA) is 106 Å². The van der Waals surface area contributed by atoms with E-state index in [0.29, 0.717) is 28.5 Å². The van der Waals surface area contributed by atoms with Crippen LogP contribution in [0.15, 0.2) is 18.2 Å². The largest absolute Gasteiger partial charge is 0.460 e. The number of carbonyl (C=O) groups is 1. The van der Waals surface area contributed by atoms with E-state index in [9.17, 15) is 10.1 Å². The van der Waals surface area contributed by atoms with Crippen molar-refractivity contribution in [2.45, 2.75) is 45.8 Å². The molecule has 33 heavy (non-hydrogen) atoms. The zero-order chi connectivity index (χ0) is 24.1. The lowest BCUT2D eigenvalue weighted by molar-refractivity contribution is 0.0963. The summed E-state index contributed by atoms with van der Waals surface area (Å²) in [7, 11) is 5.59. The summed E-state index contributed by atoms with van der Waals surface area (Å²) in [5.41, 5.74) is 2.45. The van der Waals surface area contributed by atoms with E-state index in [1.807, 2.05) is 38.8 Å². The Morgan fingerprint density at radius 1 is 1.30 bits per heavy atom. The number of likely N-dealkylation sites (tertiary alicyclic amines) is 1. The van der Waals surface area contributed by atoms with Crippen LogP contribution in [0.5, 0.6) is 6.01 Å². The van der Waals surface area contributed by atoms with Crippen molar-refractivity contribution in [2.24, 2.45) is 0 Å². The van der Waals surface area contributed by atoms with Gasteiger partial charge in [0, 0.05) is 44.5 Å². The highest BCUT2D eigenvalue weighted by atomic mass is 16.5. The molecule has 1 aliphatic rings. The van der Waals surface area contributed by atoms with E-state index in [1.54, 1.807) is 19.2 Å². The van der Waals surface area contributed by atoms with Crippen LogP contribution in [0.1, 0.15) is 48.2 Å². The van der Waals surface area contributed by atoms with Crippen LogP contribution in [0.25, 0.3) is 0 Å². The van der Waals surface area contributed by atoms with E-state index in [1.165, 1.54) is 0 Å². The highest BCUT2D eigenvalue weighted by Crippen LogP contribution is 2.31. The number of nitriles is 1. The first-order chi connectivity index (χ1) is 15.7. The Morgan fingerprint density at radius 2 is 2.00 bits per heavy atom. The van der Waals surface area contributed by atoms with Gasteiger partial charge in [-0.2, -0.15) is 15.2 Å². The predicted octanol–water partition coefficient (Wildman–Crippen LogP) is 3.08. The van der Waals surface area contributed by atoms with Gasteiger partial charge in [0.2, 0.25) is 0 Å². The van der Waals surface area contributed by atoms with E-state index in [4.69, 9.17) is 4.74 Å². The number of hydrogen-bond donors (Lipinski definition) is 2. The zero-order valence-electron chi connectivity index (χ0n) is 20.3. The van der Waals surface area contributed by atoms with Crippen LogP contribution in [-0.4, -0.2) is 67.2 Å². The quantitative estimate of drug-likeness (QED) is 0.662. The number of ether oxygens (including phenoxy) is 1. The molecular formula is C24H33N7O2. The third-order valence-corrected chi connectivity index (χ3v) is 6.01. The Kier molecular flexibility index (Phi) is 7.71. The minimum Gasteiger partial charge on any atom is -0.460 e. The molecule has 2 aromatic rings. The van der Waals surface area contributed by atoms with E-state index in [2.05, 4.69) is 38.6 Å². The maximum atomic E-state index is 12.1. The highest BCUT2D eigenvalue weighted by Gasteiger charge is 2.24. The molecular weight excluding hydrogens is 418 g/mol. The van der Waals surface area contributed by atoms with Crippen LogP contribution in [0, 0.1) is 18.3 Å². The van der Waals surface area contributed by atoms with Gasteiger partial charge in [0.25, 0.3) is 5.91 Å². The lowest BCUT2D eigenvalue weighted by Gasteiger charge is -2.29. The maximum absolute atomic E-state index is 12.1. The molecule has 0 unspecified atom stereocenters. The Morgan fingerprint density at radius 3 is 2.61 bits per heavy atom. The number of aryl methyl sites for hydroxylation is 1. The molecule has 1 fully saturated rings. The van der Waals surface area contributed by atoms with Gasteiger partial charge in [0.05, 0.1) is 0 Å². The molecule has 0 spiro atoms. The van der Waals surface area contributed by atoms with Crippen LogP contribution in [0.2, 0.25) is 0 Å². The Balaban J connectivity index is 2.03. The van der Waals surface area contributed by atoms with Crippen molar-refractivity contribution < 1.29 is 9.53 Å². The summed E-state index contributed by atoms with van der Waals surface area (Å²) in [6, 6.07) is 7.99. The van der Waals surface area contributed by atoms with Gasteiger partial charge in [-0.3, -0.25) is 4.79 Å². The second-order valence-corrected chi connectivity index (χ2v) is 8.72. The molecule has 9 nitrogen and oxygen atoms in total. The van der Waals surface area contributed by atoms with Crippen molar-refractivity contribution in [1.82, 2.24) is 20.2 Å². The molecule has 9 heteroatoms. The second-order valence-electron chi connectivity index (χ2n) is 8.72. The van der Waals surface area contributed by atoms with E-state index in [0.717, 1.165) is 31.5 Å². The molecule has 3 rings (SSSR count). The summed E-state index contributed by atoms with van der Waals surface area (Å²) in [5, 5.41) is 15.9. The van der Waals surface area contributed by atoms with E-state index in [-0.39, 0.29) is 24.1 Å². The summed E-state index contributed by atoms with van der Waals surface area (Å²) in [4.78, 5) is 25.5. The molecule has 1 amide bonds. The summed E-state index contributed by atoms with van der Waals surface area (Å²) in [6.07, 6.45) is 1.81. The van der Waals surface area contributed by atoms with Crippen molar-refractivity contribution in [3.05, 3.63) is 34.9 Å². The Hall–Kier alpha value is -3.38. The fourth-order valence-electron chi connectivity index (χ4n) is 3.60. The summed E-state index contributed by atoms with van der Waals surface area (Å²) >= 11 is 0. The Bertz CT molecular complexity index is 1040. The van der Waals surface area contributed by atoms with E-state index < -0.39 is 0 Å². The van der Waals surface area contributed by atoms with Gasteiger partial charge in [0.15, 0.2) is 11.6 Å². The number of amides is 1. The molecule has 1 saturated heterocycles. The molecule has 0 saturated carbocycles. The average Bonchev–Trinajstić information content (AvgIpc) is 2.80. The SMILES string of the molecule is CNC(=O)c1ccc(C)c(Nc2nc(OC3CCN(C)CC3)nc(N(C)C(C)C)c2C#N)c1. The first-order valence-corrected chi connectivity index (χ1v) is 11.2. The first kappa shape index (κ1) is 24.3. The van der Waals surface area contributed by atoms with Crippen molar-refractivity contribution in [1.29, 1.82) is 5.26 Å². The van der Waals surface area contributed by atoms with Crippen molar-refractivity contribution in [2.75, 3.05) is 44.4 Å². The standard InChI is InChI=1S/C24H33N7O2/c1-15(2)31(6)22-19(14-25)21(27-20-13-17(23(32)26-4)8-7-16(20)3)28-24(29-22)33-18-9-11-30(5)12-10-18/h7-8,13,15,18H,9-12H2,1-6H3,(H,26,32)(H,27,28,29). The molecule has 1 aromatic heterocycles. The fraction of sp³-hybridized carbons (Fsp3) is 0.500. The van der Waals surface area contributed by atoms with E-state index >= 15 is 0 Å². The molecule has 2 heterocycles.